The second-order valence-electron chi connectivity index (χ2n) is 5.49. The number of aliphatic hydroxyl groups is 1. The standard InChI is InChI=1S/C17H23NO/c1-3-11-18-13-17(2,19)12-15-9-6-8-14-7-4-5-10-16(14)15/h4-10,18-19H,3,11-13H2,1-2H3. The summed E-state index contributed by atoms with van der Waals surface area (Å²) in [7, 11) is 0. The Balaban J connectivity index is 2.16. The normalized spacial score (nSPS) is 14.5. The highest BCUT2D eigenvalue weighted by Crippen LogP contribution is 2.22. The molecule has 0 saturated heterocycles. The molecule has 2 aromatic carbocycles. The van der Waals surface area contributed by atoms with Gasteiger partial charge in [-0.2, -0.15) is 0 Å². The van der Waals surface area contributed by atoms with Crippen LogP contribution in [-0.4, -0.2) is 23.8 Å². The molecule has 0 heterocycles. The third-order valence-corrected chi connectivity index (χ3v) is 3.38. The van der Waals surface area contributed by atoms with Crippen LogP contribution in [-0.2, 0) is 6.42 Å². The van der Waals surface area contributed by atoms with E-state index in [4.69, 9.17) is 0 Å². The van der Waals surface area contributed by atoms with Crippen LogP contribution in [0.1, 0.15) is 25.8 Å². The number of nitrogens with one attached hydrogen (secondary N) is 1. The number of hydrogen-bond acceptors (Lipinski definition) is 2. The predicted molar refractivity (Wildman–Crippen MR) is 81.4 cm³/mol. The van der Waals surface area contributed by atoms with Crippen molar-refractivity contribution in [2.24, 2.45) is 0 Å². The number of hydrogen-bond donors (Lipinski definition) is 2. The third kappa shape index (κ3) is 3.79. The topological polar surface area (TPSA) is 32.3 Å². The Morgan fingerprint density at radius 2 is 1.84 bits per heavy atom. The van der Waals surface area contributed by atoms with Crippen LogP contribution in [0.5, 0.6) is 0 Å². The largest absolute Gasteiger partial charge is 0.389 e. The lowest BCUT2D eigenvalue weighted by Gasteiger charge is -2.24. The molecule has 0 bridgehead atoms. The first kappa shape index (κ1) is 14.0. The SMILES string of the molecule is CCCNCC(C)(O)Cc1cccc2ccccc12. The maximum Gasteiger partial charge on any atom is 0.0783 e. The summed E-state index contributed by atoms with van der Waals surface area (Å²) in [5.74, 6) is 0. The van der Waals surface area contributed by atoms with Crippen molar-refractivity contribution in [3.05, 3.63) is 48.0 Å². The second kappa shape index (κ2) is 6.18. The molecule has 0 spiro atoms. The zero-order chi connectivity index (χ0) is 13.7. The first-order valence-corrected chi connectivity index (χ1v) is 7.02. The van der Waals surface area contributed by atoms with E-state index in [1.54, 1.807) is 0 Å². The van der Waals surface area contributed by atoms with Crippen molar-refractivity contribution in [1.29, 1.82) is 0 Å². The Morgan fingerprint density at radius 3 is 2.63 bits per heavy atom. The first-order chi connectivity index (χ1) is 9.12. The fourth-order valence-electron chi connectivity index (χ4n) is 2.45. The molecule has 0 aliphatic heterocycles. The summed E-state index contributed by atoms with van der Waals surface area (Å²) < 4.78 is 0. The maximum absolute atomic E-state index is 10.5. The quantitative estimate of drug-likeness (QED) is 0.779. The van der Waals surface area contributed by atoms with Crippen molar-refractivity contribution >= 4 is 10.8 Å². The van der Waals surface area contributed by atoms with E-state index in [0.29, 0.717) is 13.0 Å². The predicted octanol–water partition coefficient (Wildman–Crippen LogP) is 3.13. The molecule has 0 saturated carbocycles. The molecule has 2 N–H and O–H groups in total. The van der Waals surface area contributed by atoms with Gasteiger partial charge in [0.2, 0.25) is 0 Å². The molecule has 0 amide bonds. The van der Waals surface area contributed by atoms with Gasteiger partial charge in [0.15, 0.2) is 0 Å². The third-order valence-electron chi connectivity index (χ3n) is 3.38. The molecular weight excluding hydrogens is 234 g/mol. The molecule has 2 nitrogen and oxygen atoms in total. The lowest BCUT2D eigenvalue weighted by molar-refractivity contribution is 0.0607. The summed E-state index contributed by atoms with van der Waals surface area (Å²) in [6.45, 7) is 5.61. The van der Waals surface area contributed by atoms with E-state index in [1.807, 2.05) is 13.0 Å². The Kier molecular flexibility index (Phi) is 4.56. The molecule has 1 unspecified atom stereocenters. The molecule has 0 radical (unpaired) electrons. The van der Waals surface area contributed by atoms with Crippen LogP contribution in [0.2, 0.25) is 0 Å². The first-order valence-electron chi connectivity index (χ1n) is 7.02. The molecular formula is C17H23NO. The Morgan fingerprint density at radius 1 is 1.11 bits per heavy atom. The minimum Gasteiger partial charge on any atom is -0.389 e. The van der Waals surface area contributed by atoms with Crippen molar-refractivity contribution in [1.82, 2.24) is 5.32 Å². The van der Waals surface area contributed by atoms with E-state index in [2.05, 4.69) is 48.6 Å². The van der Waals surface area contributed by atoms with E-state index in [0.717, 1.165) is 13.0 Å². The molecule has 2 heteroatoms. The van der Waals surface area contributed by atoms with Crippen LogP contribution in [0.3, 0.4) is 0 Å². The Hall–Kier alpha value is -1.38. The van der Waals surface area contributed by atoms with Crippen molar-refractivity contribution in [3.8, 4) is 0 Å². The van der Waals surface area contributed by atoms with Crippen LogP contribution in [0, 0.1) is 0 Å². The molecule has 1 atom stereocenters. The van der Waals surface area contributed by atoms with Gasteiger partial charge in [-0.3, -0.25) is 0 Å². The summed E-state index contributed by atoms with van der Waals surface area (Å²) >= 11 is 0. The van der Waals surface area contributed by atoms with Crippen molar-refractivity contribution in [2.75, 3.05) is 13.1 Å². The fourth-order valence-corrected chi connectivity index (χ4v) is 2.45. The highest BCUT2D eigenvalue weighted by atomic mass is 16.3. The van der Waals surface area contributed by atoms with E-state index >= 15 is 0 Å². The van der Waals surface area contributed by atoms with Crippen molar-refractivity contribution in [3.63, 3.8) is 0 Å². The molecule has 0 aromatic heterocycles. The lowest BCUT2D eigenvalue weighted by Crippen LogP contribution is -2.40. The maximum atomic E-state index is 10.5. The monoisotopic (exact) mass is 257 g/mol. The highest BCUT2D eigenvalue weighted by molar-refractivity contribution is 5.85. The summed E-state index contributed by atoms with van der Waals surface area (Å²) in [5, 5.41) is 16.3. The van der Waals surface area contributed by atoms with Gasteiger partial charge >= 0.3 is 0 Å². The molecule has 19 heavy (non-hydrogen) atoms. The second-order valence-corrected chi connectivity index (χ2v) is 5.49. The Bertz CT molecular complexity index is 528. The molecule has 0 aliphatic carbocycles. The van der Waals surface area contributed by atoms with Gasteiger partial charge in [-0.25, -0.2) is 0 Å². The average molecular weight is 257 g/mol. The minimum atomic E-state index is -0.709. The van der Waals surface area contributed by atoms with E-state index in [1.165, 1.54) is 16.3 Å². The van der Waals surface area contributed by atoms with E-state index < -0.39 is 5.60 Å². The number of rotatable bonds is 6. The smallest absolute Gasteiger partial charge is 0.0783 e. The summed E-state index contributed by atoms with van der Waals surface area (Å²) in [5.41, 5.74) is 0.501. The Labute approximate surface area is 115 Å². The highest BCUT2D eigenvalue weighted by Gasteiger charge is 2.21. The van der Waals surface area contributed by atoms with Crippen LogP contribution in [0.4, 0.5) is 0 Å². The van der Waals surface area contributed by atoms with E-state index in [9.17, 15) is 5.11 Å². The van der Waals surface area contributed by atoms with Gasteiger partial charge in [-0.1, -0.05) is 49.4 Å². The molecule has 2 aromatic rings. The van der Waals surface area contributed by atoms with Gasteiger partial charge < -0.3 is 10.4 Å². The van der Waals surface area contributed by atoms with Crippen LogP contribution < -0.4 is 5.32 Å². The average Bonchev–Trinajstić information content (AvgIpc) is 2.39. The van der Waals surface area contributed by atoms with Gasteiger partial charge in [0, 0.05) is 13.0 Å². The molecule has 0 fully saturated rings. The summed E-state index contributed by atoms with van der Waals surface area (Å²) in [4.78, 5) is 0. The molecule has 2 rings (SSSR count). The van der Waals surface area contributed by atoms with Gasteiger partial charge in [0.05, 0.1) is 5.60 Å². The van der Waals surface area contributed by atoms with E-state index in [-0.39, 0.29) is 0 Å². The van der Waals surface area contributed by atoms with Crippen molar-refractivity contribution in [2.45, 2.75) is 32.3 Å². The summed E-state index contributed by atoms with van der Waals surface area (Å²) in [6.07, 6.45) is 1.76. The number of benzene rings is 2. The van der Waals surface area contributed by atoms with Crippen molar-refractivity contribution < 1.29 is 5.11 Å². The molecule has 0 aliphatic rings. The summed E-state index contributed by atoms with van der Waals surface area (Å²) in [6, 6.07) is 14.6. The number of fused-ring (bicyclic) bond motifs is 1. The van der Waals surface area contributed by atoms with Gasteiger partial charge in [-0.05, 0) is 36.2 Å². The van der Waals surface area contributed by atoms with Gasteiger partial charge in [0.1, 0.15) is 0 Å². The zero-order valence-electron chi connectivity index (χ0n) is 11.8. The fraction of sp³-hybridized carbons (Fsp3) is 0.412. The van der Waals surface area contributed by atoms with Gasteiger partial charge in [-0.15, -0.1) is 0 Å². The minimum absolute atomic E-state index is 0.629. The molecule has 102 valence electrons. The zero-order valence-corrected chi connectivity index (χ0v) is 11.8. The van der Waals surface area contributed by atoms with Crippen LogP contribution in [0.25, 0.3) is 10.8 Å². The van der Waals surface area contributed by atoms with Gasteiger partial charge in [0.25, 0.3) is 0 Å². The van der Waals surface area contributed by atoms with Crippen LogP contribution in [0.15, 0.2) is 42.5 Å². The van der Waals surface area contributed by atoms with Crippen LogP contribution >= 0.6 is 0 Å². The lowest BCUT2D eigenvalue weighted by atomic mass is 9.92.